The fourth-order valence-electron chi connectivity index (χ4n) is 3.23. The molecule has 170 valence electrons. The van der Waals surface area contributed by atoms with Crippen LogP contribution in [0.4, 0.5) is 0 Å². The lowest BCUT2D eigenvalue weighted by Gasteiger charge is -2.19. The molecule has 0 aliphatic rings. The van der Waals surface area contributed by atoms with Crippen molar-refractivity contribution in [3.05, 3.63) is 70.4 Å². The van der Waals surface area contributed by atoms with Crippen LogP contribution in [0.15, 0.2) is 57.5 Å². The van der Waals surface area contributed by atoms with Gasteiger partial charge >= 0.3 is 0 Å². The lowest BCUT2D eigenvalue weighted by molar-refractivity contribution is -0.132. The summed E-state index contributed by atoms with van der Waals surface area (Å²) in [5.41, 5.74) is 1.44. The van der Waals surface area contributed by atoms with E-state index in [9.17, 15) is 4.79 Å². The molecule has 0 aliphatic carbocycles. The van der Waals surface area contributed by atoms with Gasteiger partial charge in [0.2, 0.25) is 29.4 Å². The number of rotatable bonds is 9. The van der Waals surface area contributed by atoms with Gasteiger partial charge in [-0.15, -0.1) is 10.2 Å². The molecule has 1 amide bonds. The van der Waals surface area contributed by atoms with Gasteiger partial charge in [-0.2, -0.15) is 4.98 Å². The minimum Gasteiger partial charge on any atom is -0.419 e. The lowest BCUT2D eigenvalue weighted by atomic mass is 10.2. The van der Waals surface area contributed by atoms with Crippen LogP contribution in [0, 0.1) is 0 Å². The van der Waals surface area contributed by atoms with Gasteiger partial charge in [-0.25, -0.2) is 0 Å². The molecule has 2 aromatic heterocycles. The summed E-state index contributed by atoms with van der Waals surface area (Å²) in [6, 6.07) is 14.4. The molecule has 0 radical (unpaired) electrons. The van der Waals surface area contributed by atoms with E-state index in [1.807, 2.05) is 31.2 Å². The molecule has 0 fully saturated rings. The van der Waals surface area contributed by atoms with E-state index in [0.29, 0.717) is 52.1 Å². The van der Waals surface area contributed by atoms with E-state index in [1.165, 1.54) is 0 Å². The number of amides is 1. The van der Waals surface area contributed by atoms with Crippen molar-refractivity contribution in [1.29, 1.82) is 0 Å². The predicted octanol–water partition coefficient (Wildman–Crippen LogP) is 5.46. The summed E-state index contributed by atoms with van der Waals surface area (Å²) in [4.78, 5) is 18.9. The number of carbonyl (C=O) groups excluding carboxylic acids is 1. The maximum atomic E-state index is 12.9. The topological polar surface area (TPSA) is 98.2 Å². The second-order valence-corrected chi connectivity index (χ2v) is 8.16. The number of nitrogens with zero attached hydrogens (tertiary/aromatic N) is 5. The zero-order chi connectivity index (χ0) is 23.2. The van der Waals surface area contributed by atoms with Crippen molar-refractivity contribution in [2.24, 2.45) is 0 Å². The number of benzene rings is 2. The summed E-state index contributed by atoms with van der Waals surface area (Å²) >= 11 is 12.1. The van der Waals surface area contributed by atoms with E-state index in [-0.39, 0.29) is 18.9 Å². The third-order valence-electron chi connectivity index (χ3n) is 4.87. The van der Waals surface area contributed by atoms with Crippen LogP contribution in [0.25, 0.3) is 22.8 Å². The van der Waals surface area contributed by atoms with E-state index in [1.54, 1.807) is 29.2 Å². The van der Waals surface area contributed by atoms with Gasteiger partial charge in [-0.1, -0.05) is 47.4 Å². The largest absolute Gasteiger partial charge is 0.419 e. The Labute approximate surface area is 200 Å². The molecule has 0 saturated carbocycles. The van der Waals surface area contributed by atoms with Gasteiger partial charge in [-0.3, -0.25) is 4.79 Å². The normalized spacial score (nSPS) is 11.0. The number of aromatic nitrogens is 4. The molecule has 2 aromatic carbocycles. The van der Waals surface area contributed by atoms with Crippen LogP contribution >= 0.6 is 23.2 Å². The Hall–Kier alpha value is -3.23. The molecule has 0 saturated heterocycles. The molecule has 0 atom stereocenters. The van der Waals surface area contributed by atoms with E-state index in [0.717, 1.165) is 12.0 Å². The zero-order valence-corrected chi connectivity index (χ0v) is 19.4. The van der Waals surface area contributed by atoms with Gasteiger partial charge < -0.3 is 13.8 Å². The highest BCUT2D eigenvalue weighted by Gasteiger charge is 2.19. The minimum atomic E-state index is -0.0689. The molecule has 0 unspecified atom stereocenters. The third kappa shape index (κ3) is 5.77. The number of hydrogen-bond donors (Lipinski definition) is 0. The molecular formula is C23H21Cl2N5O3. The highest BCUT2D eigenvalue weighted by atomic mass is 35.5. The number of halogens is 2. The summed E-state index contributed by atoms with van der Waals surface area (Å²) in [6.07, 6.45) is 1.33. The maximum Gasteiger partial charge on any atom is 0.249 e. The van der Waals surface area contributed by atoms with Crippen LogP contribution in [-0.2, 0) is 17.8 Å². The summed E-state index contributed by atoms with van der Waals surface area (Å²) in [6.45, 7) is 2.77. The smallest absolute Gasteiger partial charge is 0.249 e. The van der Waals surface area contributed by atoms with Gasteiger partial charge in [0, 0.05) is 30.0 Å². The van der Waals surface area contributed by atoms with Gasteiger partial charge in [0.05, 0.1) is 17.1 Å². The Morgan fingerprint density at radius 1 is 1.03 bits per heavy atom. The van der Waals surface area contributed by atoms with E-state index < -0.39 is 0 Å². The highest BCUT2D eigenvalue weighted by Crippen LogP contribution is 2.26. The monoisotopic (exact) mass is 485 g/mol. The summed E-state index contributed by atoms with van der Waals surface area (Å²) in [5, 5.41) is 13.3. The molecule has 0 aliphatic heterocycles. The first kappa shape index (κ1) is 22.9. The molecule has 10 heteroatoms. The summed E-state index contributed by atoms with van der Waals surface area (Å²) in [7, 11) is 0. The van der Waals surface area contributed by atoms with Gasteiger partial charge in [0.1, 0.15) is 0 Å². The number of carbonyl (C=O) groups is 1. The molecule has 0 spiro atoms. The fraction of sp³-hybridized carbons (Fsp3) is 0.261. The van der Waals surface area contributed by atoms with Crippen LogP contribution in [-0.4, -0.2) is 37.7 Å². The van der Waals surface area contributed by atoms with Gasteiger partial charge in [0.15, 0.2) is 0 Å². The Bertz CT molecular complexity index is 1220. The first-order valence-corrected chi connectivity index (χ1v) is 11.2. The van der Waals surface area contributed by atoms with Crippen LogP contribution in [0.3, 0.4) is 0 Å². The molecule has 2 heterocycles. The van der Waals surface area contributed by atoms with Crippen molar-refractivity contribution in [2.75, 3.05) is 6.54 Å². The van der Waals surface area contributed by atoms with Crippen LogP contribution in [0.5, 0.6) is 0 Å². The van der Waals surface area contributed by atoms with E-state index in [4.69, 9.17) is 32.1 Å². The predicted molar refractivity (Wildman–Crippen MR) is 124 cm³/mol. The van der Waals surface area contributed by atoms with E-state index >= 15 is 0 Å². The van der Waals surface area contributed by atoms with Crippen molar-refractivity contribution >= 4 is 29.1 Å². The van der Waals surface area contributed by atoms with Gasteiger partial charge in [-0.05, 0) is 42.8 Å². The van der Waals surface area contributed by atoms with Crippen molar-refractivity contribution in [3.8, 4) is 22.8 Å². The molecule has 33 heavy (non-hydrogen) atoms. The molecular weight excluding hydrogens is 465 g/mol. The fourth-order valence-corrected chi connectivity index (χ4v) is 3.57. The molecule has 0 bridgehead atoms. The quantitative estimate of drug-likeness (QED) is 0.310. The van der Waals surface area contributed by atoms with Crippen LogP contribution in [0.2, 0.25) is 10.0 Å². The van der Waals surface area contributed by atoms with Crippen molar-refractivity contribution in [2.45, 2.75) is 32.7 Å². The van der Waals surface area contributed by atoms with Crippen LogP contribution in [0.1, 0.15) is 31.5 Å². The molecule has 4 rings (SSSR count). The zero-order valence-electron chi connectivity index (χ0n) is 17.9. The second kappa shape index (κ2) is 10.6. The lowest BCUT2D eigenvalue weighted by Crippen LogP contribution is -2.31. The number of aryl methyl sites for hydroxylation is 1. The Kier molecular flexibility index (Phi) is 7.36. The number of hydrogen-bond acceptors (Lipinski definition) is 7. The van der Waals surface area contributed by atoms with Crippen molar-refractivity contribution in [3.63, 3.8) is 0 Å². The standard InChI is InChI=1S/C23H21Cl2N5O3/c1-2-13-30(14-20-27-28-23(32-20)17-5-3-4-6-18(17)25)21(31)12-11-19-26-22(29-33-19)15-7-9-16(24)10-8-15/h3-10H,2,11-14H2,1H3. The SMILES string of the molecule is CCCN(Cc1nnc(-c2ccccc2Cl)o1)C(=O)CCc1nc(-c2ccc(Cl)cc2)no1. The minimum absolute atomic E-state index is 0.0689. The van der Waals surface area contributed by atoms with Crippen molar-refractivity contribution < 1.29 is 13.7 Å². The first-order valence-electron chi connectivity index (χ1n) is 10.5. The Balaban J connectivity index is 1.38. The average molecular weight is 486 g/mol. The maximum absolute atomic E-state index is 12.9. The highest BCUT2D eigenvalue weighted by molar-refractivity contribution is 6.33. The Morgan fingerprint density at radius 3 is 2.58 bits per heavy atom. The first-order chi connectivity index (χ1) is 16.0. The van der Waals surface area contributed by atoms with E-state index in [2.05, 4.69) is 20.3 Å². The second-order valence-electron chi connectivity index (χ2n) is 7.31. The summed E-state index contributed by atoms with van der Waals surface area (Å²) in [5.74, 6) is 1.44. The van der Waals surface area contributed by atoms with Gasteiger partial charge in [0.25, 0.3) is 0 Å². The molecule has 0 N–H and O–H groups in total. The molecule has 4 aromatic rings. The van der Waals surface area contributed by atoms with Crippen molar-refractivity contribution in [1.82, 2.24) is 25.2 Å². The third-order valence-corrected chi connectivity index (χ3v) is 5.45. The Morgan fingerprint density at radius 2 is 1.82 bits per heavy atom. The van der Waals surface area contributed by atoms with Crippen LogP contribution < -0.4 is 0 Å². The average Bonchev–Trinajstić information content (AvgIpc) is 3.48. The summed E-state index contributed by atoms with van der Waals surface area (Å²) < 4.78 is 11.1. The molecule has 8 nitrogen and oxygen atoms in total.